The first kappa shape index (κ1) is 21.1. The number of rotatable bonds is 8. The Labute approximate surface area is 170 Å². The highest BCUT2D eigenvalue weighted by Gasteiger charge is 2.26. The van der Waals surface area contributed by atoms with Gasteiger partial charge >= 0.3 is 0 Å². The zero-order valence-electron chi connectivity index (χ0n) is 16.4. The van der Waals surface area contributed by atoms with Gasteiger partial charge in [-0.05, 0) is 41.6 Å². The zero-order chi connectivity index (χ0) is 20.1. The van der Waals surface area contributed by atoms with Gasteiger partial charge in [0.05, 0.1) is 19.1 Å². The standard InChI is InChI=1S/C19H27N3O4S2/c1-21-7-9-22(10-8-21)17(15-6-11-27-14-15)13-20-28(23,24)16-4-5-18(25-2)19(12-16)26-3/h4-6,11-12,14,17,20H,7-10,13H2,1-3H3/t17-/m1/s1. The van der Waals surface area contributed by atoms with E-state index in [0.29, 0.717) is 18.0 Å². The SMILES string of the molecule is COc1ccc(S(=O)(=O)NC[C@H](c2ccsc2)N2CCN(C)CC2)cc1OC. The summed E-state index contributed by atoms with van der Waals surface area (Å²) in [7, 11) is 1.44. The van der Waals surface area contributed by atoms with Gasteiger partial charge in [-0.25, -0.2) is 13.1 Å². The lowest BCUT2D eigenvalue weighted by atomic mass is 10.1. The molecular formula is C19H27N3O4S2. The molecule has 1 aromatic heterocycles. The van der Waals surface area contributed by atoms with Gasteiger partial charge in [0, 0.05) is 44.8 Å². The van der Waals surface area contributed by atoms with E-state index in [9.17, 15) is 8.42 Å². The first-order valence-electron chi connectivity index (χ1n) is 9.11. The van der Waals surface area contributed by atoms with Crippen LogP contribution in [0, 0.1) is 0 Å². The Hall–Kier alpha value is -1.65. The number of sulfonamides is 1. The fourth-order valence-electron chi connectivity index (χ4n) is 3.31. The van der Waals surface area contributed by atoms with Crippen LogP contribution in [0.15, 0.2) is 39.9 Å². The molecule has 0 radical (unpaired) electrons. The summed E-state index contributed by atoms with van der Waals surface area (Å²) in [5.41, 5.74) is 1.14. The van der Waals surface area contributed by atoms with Crippen LogP contribution in [0.25, 0.3) is 0 Å². The van der Waals surface area contributed by atoms with Gasteiger partial charge < -0.3 is 14.4 Å². The molecule has 1 fully saturated rings. The fraction of sp³-hybridized carbons (Fsp3) is 0.474. The summed E-state index contributed by atoms with van der Waals surface area (Å²) in [4.78, 5) is 4.79. The molecule has 9 heteroatoms. The minimum absolute atomic E-state index is 0.00914. The third kappa shape index (κ3) is 4.84. The second-order valence-corrected chi connectivity index (χ2v) is 9.33. The molecule has 0 amide bonds. The highest BCUT2D eigenvalue weighted by molar-refractivity contribution is 7.89. The van der Waals surface area contributed by atoms with Crippen molar-refractivity contribution >= 4 is 21.4 Å². The highest BCUT2D eigenvalue weighted by atomic mass is 32.2. The van der Waals surface area contributed by atoms with Crippen LogP contribution in [0.4, 0.5) is 0 Å². The lowest BCUT2D eigenvalue weighted by Gasteiger charge is -2.37. The van der Waals surface area contributed by atoms with Crippen LogP contribution in [0.3, 0.4) is 0 Å². The van der Waals surface area contributed by atoms with Crippen LogP contribution >= 0.6 is 11.3 Å². The molecule has 1 aliphatic heterocycles. The summed E-state index contributed by atoms with van der Waals surface area (Å²) in [6.07, 6.45) is 0. The number of ether oxygens (including phenoxy) is 2. The molecule has 2 heterocycles. The maximum absolute atomic E-state index is 12.9. The van der Waals surface area contributed by atoms with E-state index in [0.717, 1.165) is 31.7 Å². The molecule has 0 bridgehead atoms. The Bertz CT molecular complexity index is 863. The Morgan fingerprint density at radius 3 is 2.43 bits per heavy atom. The Morgan fingerprint density at radius 1 is 1.11 bits per heavy atom. The van der Waals surface area contributed by atoms with E-state index in [1.54, 1.807) is 17.4 Å². The molecule has 1 aromatic carbocycles. The number of hydrogen-bond donors (Lipinski definition) is 1. The third-order valence-electron chi connectivity index (χ3n) is 5.04. The van der Waals surface area contributed by atoms with Crippen LogP contribution in [-0.4, -0.2) is 72.2 Å². The fourth-order valence-corrected chi connectivity index (χ4v) is 5.07. The van der Waals surface area contributed by atoms with Gasteiger partial charge in [-0.3, -0.25) is 4.90 Å². The van der Waals surface area contributed by atoms with Crippen LogP contribution in [0.2, 0.25) is 0 Å². The summed E-state index contributed by atoms with van der Waals surface area (Å²) in [6, 6.07) is 6.69. The van der Waals surface area contributed by atoms with Crippen molar-refractivity contribution in [2.75, 3.05) is 54.0 Å². The average molecular weight is 426 g/mol. The predicted molar refractivity (Wildman–Crippen MR) is 111 cm³/mol. The molecule has 0 unspecified atom stereocenters. The van der Waals surface area contributed by atoms with Gasteiger partial charge in [-0.1, -0.05) is 0 Å². The van der Waals surface area contributed by atoms with Crippen LogP contribution in [0.5, 0.6) is 11.5 Å². The summed E-state index contributed by atoms with van der Waals surface area (Å²) in [5.74, 6) is 0.883. The van der Waals surface area contributed by atoms with E-state index in [4.69, 9.17) is 9.47 Å². The molecule has 0 spiro atoms. The van der Waals surface area contributed by atoms with Crippen molar-refractivity contribution in [2.45, 2.75) is 10.9 Å². The van der Waals surface area contributed by atoms with E-state index in [1.807, 2.05) is 5.38 Å². The Kier molecular flexibility index (Phi) is 6.95. The van der Waals surface area contributed by atoms with Crippen molar-refractivity contribution in [3.63, 3.8) is 0 Å². The lowest BCUT2D eigenvalue weighted by Crippen LogP contribution is -2.48. The van der Waals surface area contributed by atoms with E-state index in [-0.39, 0.29) is 10.9 Å². The zero-order valence-corrected chi connectivity index (χ0v) is 18.1. The van der Waals surface area contributed by atoms with Crippen LogP contribution < -0.4 is 14.2 Å². The number of hydrogen-bond acceptors (Lipinski definition) is 7. The van der Waals surface area contributed by atoms with Gasteiger partial charge in [0.15, 0.2) is 11.5 Å². The molecule has 0 saturated carbocycles. The summed E-state index contributed by atoms with van der Waals surface area (Å²) in [6.45, 7) is 4.09. The molecule has 2 aromatic rings. The molecule has 1 aliphatic rings. The van der Waals surface area contributed by atoms with Crippen molar-refractivity contribution in [2.24, 2.45) is 0 Å². The number of nitrogens with one attached hydrogen (secondary N) is 1. The Balaban J connectivity index is 1.77. The normalized spacial score (nSPS) is 17.4. The Morgan fingerprint density at radius 2 is 1.82 bits per heavy atom. The molecular weight excluding hydrogens is 398 g/mol. The number of likely N-dealkylation sites (N-methyl/N-ethyl adjacent to an activating group) is 1. The summed E-state index contributed by atoms with van der Waals surface area (Å²) >= 11 is 1.63. The lowest BCUT2D eigenvalue weighted by molar-refractivity contribution is 0.113. The number of benzene rings is 1. The largest absolute Gasteiger partial charge is 0.493 e. The molecule has 1 atom stereocenters. The van der Waals surface area contributed by atoms with E-state index in [2.05, 4.69) is 33.0 Å². The summed E-state index contributed by atoms with van der Waals surface area (Å²) < 4.78 is 39.0. The van der Waals surface area contributed by atoms with Gasteiger partial charge in [0.1, 0.15) is 0 Å². The van der Waals surface area contributed by atoms with E-state index in [1.165, 1.54) is 26.4 Å². The van der Waals surface area contributed by atoms with E-state index < -0.39 is 10.0 Å². The van der Waals surface area contributed by atoms with Gasteiger partial charge in [-0.15, -0.1) is 0 Å². The minimum Gasteiger partial charge on any atom is -0.493 e. The molecule has 3 rings (SSSR count). The average Bonchev–Trinajstić information content (AvgIpc) is 3.23. The number of piperazine rings is 1. The van der Waals surface area contributed by atoms with Gasteiger partial charge in [0.25, 0.3) is 0 Å². The van der Waals surface area contributed by atoms with Crippen molar-refractivity contribution in [3.05, 3.63) is 40.6 Å². The molecule has 0 aliphatic carbocycles. The van der Waals surface area contributed by atoms with Crippen LogP contribution in [0.1, 0.15) is 11.6 Å². The van der Waals surface area contributed by atoms with Crippen molar-refractivity contribution in [1.29, 1.82) is 0 Å². The third-order valence-corrected chi connectivity index (χ3v) is 7.16. The van der Waals surface area contributed by atoms with Gasteiger partial charge in [0.2, 0.25) is 10.0 Å². The topological polar surface area (TPSA) is 71.1 Å². The smallest absolute Gasteiger partial charge is 0.240 e. The maximum Gasteiger partial charge on any atom is 0.240 e. The summed E-state index contributed by atoms with van der Waals surface area (Å²) in [5, 5.41) is 4.12. The van der Waals surface area contributed by atoms with Crippen molar-refractivity contribution in [3.8, 4) is 11.5 Å². The molecule has 28 heavy (non-hydrogen) atoms. The second-order valence-electron chi connectivity index (χ2n) is 6.78. The second kappa shape index (κ2) is 9.23. The monoisotopic (exact) mass is 425 g/mol. The van der Waals surface area contributed by atoms with Crippen LogP contribution in [-0.2, 0) is 10.0 Å². The minimum atomic E-state index is -3.67. The predicted octanol–water partition coefficient (Wildman–Crippen LogP) is 2.03. The maximum atomic E-state index is 12.9. The molecule has 1 saturated heterocycles. The molecule has 154 valence electrons. The first-order valence-corrected chi connectivity index (χ1v) is 11.5. The van der Waals surface area contributed by atoms with E-state index >= 15 is 0 Å². The number of methoxy groups -OCH3 is 2. The molecule has 1 N–H and O–H groups in total. The quantitative estimate of drug-likeness (QED) is 0.698. The number of thiophene rings is 1. The first-order chi connectivity index (χ1) is 13.4. The van der Waals surface area contributed by atoms with Crippen molar-refractivity contribution in [1.82, 2.24) is 14.5 Å². The number of nitrogens with zero attached hydrogens (tertiary/aromatic N) is 2. The highest BCUT2D eigenvalue weighted by Crippen LogP contribution is 2.30. The molecule has 7 nitrogen and oxygen atoms in total. The van der Waals surface area contributed by atoms with Gasteiger partial charge in [-0.2, -0.15) is 11.3 Å². The van der Waals surface area contributed by atoms with Crippen molar-refractivity contribution < 1.29 is 17.9 Å².